The number of nitrogens with zero attached hydrogens (tertiary/aromatic N) is 5. The van der Waals surface area contributed by atoms with Crippen molar-refractivity contribution < 1.29 is 0 Å². The van der Waals surface area contributed by atoms with E-state index in [1.165, 1.54) is 0 Å². The minimum absolute atomic E-state index is 0.0903. The Bertz CT molecular complexity index is 691. The lowest BCUT2D eigenvalue weighted by Crippen LogP contribution is -2.31. The molecule has 6 nitrogen and oxygen atoms in total. The van der Waals surface area contributed by atoms with Crippen molar-refractivity contribution in [2.45, 2.75) is 19.4 Å². The fourth-order valence-corrected chi connectivity index (χ4v) is 3.00. The zero-order chi connectivity index (χ0) is 15.7. The van der Waals surface area contributed by atoms with Gasteiger partial charge < -0.3 is 9.58 Å². The molecule has 0 aromatic carbocycles. The largest absolute Gasteiger partial charge is 0.317 e. The SMILES string of the molecule is CCCN1C=C(c2nncn2C)C(c2cc(Cl)nc(Cl)c2)N1. The second kappa shape index (κ2) is 6.24. The van der Waals surface area contributed by atoms with Gasteiger partial charge in [-0.25, -0.2) is 10.4 Å². The Balaban J connectivity index is 2.02. The van der Waals surface area contributed by atoms with E-state index < -0.39 is 0 Å². The molecular formula is C14H16Cl2N6. The Morgan fingerprint density at radius 2 is 2.00 bits per heavy atom. The summed E-state index contributed by atoms with van der Waals surface area (Å²) in [5.41, 5.74) is 5.41. The van der Waals surface area contributed by atoms with Crippen LogP contribution in [-0.2, 0) is 7.05 Å². The monoisotopic (exact) mass is 338 g/mol. The second-order valence-electron chi connectivity index (χ2n) is 5.15. The molecule has 116 valence electrons. The molecule has 2 aromatic rings. The Labute approximate surface area is 138 Å². The average Bonchev–Trinajstić information content (AvgIpc) is 3.04. The van der Waals surface area contributed by atoms with Gasteiger partial charge in [-0.05, 0) is 24.1 Å². The van der Waals surface area contributed by atoms with Crippen molar-refractivity contribution in [3.8, 4) is 0 Å². The van der Waals surface area contributed by atoms with E-state index in [0.29, 0.717) is 10.3 Å². The molecule has 3 heterocycles. The molecule has 0 saturated carbocycles. The van der Waals surface area contributed by atoms with E-state index in [2.05, 4.69) is 38.7 Å². The van der Waals surface area contributed by atoms with Crippen molar-refractivity contribution in [3.05, 3.63) is 46.4 Å². The van der Waals surface area contributed by atoms with Crippen molar-refractivity contribution in [1.29, 1.82) is 0 Å². The molecule has 2 aromatic heterocycles. The van der Waals surface area contributed by atoms with E-state index >= 15 is 0 Å². The fourth-order valence-electron chi connectivity index (χ4n) is 2.52. The predicted octanol–water partition coefficient (Wildman–Crippen LogP) is 2.83. The van der Waals surface area contributed by atoms with Gasteiger partial charge in [0.25, 0.3) is 0 Å². The zero-order valence-electron chi connectivity index (χ0n) is 12.3. The van der Waals surface area contributed by atoms with Gasteiger partial charge in [-0.3, -0.25) is 0 Å². The summed E-state index contributed by atoms with van der Waals surface area (Å²) in [5, 5.41) is 11.0. The number of pyridine rings is 1. The second-order valence-corrected chi connectivity index (χ2v) is 5.93. The average molecular weight is 339 g/mol. The van der Waals surface area contributed by atoms with Crippen LogP contribution in [0, 0.1) is 0 Å². The van der Waals surface area contributed by atoms with Crippen LogP contribution in [0.4, 0.5) is 0 Å². The maximum atomic E-state index is 6.04. The molecule has 1 N–H and O–H groups in total. The van der Waals surface area contributed by atoms with Crippen molar-refractivity contribution in [2.75, 3.05) is 6.54 Å². The van der Waals surface area contributed by atoms with Crippen LogP contribution in [-0.4, -0.2) is 31.3 Å². The van der Waals surface area contributed by atoms with Crippen LogP contribution in [0.5, 0.6) is 0 Å². The minimum Gasteiger partial charge on any atom is -0.317 e. The lowest BCUT2D eigenvalue weighted by molar-refractivity contribution is 0.277. The maximum Gasteiger partial charge on any atom is 0.162 e. The summed E-state index contributed by atoms with van der Waals surface area (Å²) in [7, 11) is 1.92. The molecule has 0 fully saturated rings. The van der Waals surface area contributed by atoms with Gasteiger partial charge in [-0.1, -0.05) is 30.1 Å². The number of hydrazine groups is 1. The van der Waals surface area contributed by atoms with Gasteiger partial charge >= 0.3 is 0 Å². The molecule has 1 unspecified atom stereocenters. The van der Waals surface area contributed by atoms with Gasteiger partial charge in [0.1, 0.15) is 16.6 Å². The number of rotatable bonds is 4. The van der Waals surface area contributed by atoms with Crippen LogP contribution in [0.3, 0.4) is 0 Å². The quantitative estimate of drug-likeness (QED) is 0.868. The molecule has 1 aliphatic heterocycles. The van der Waals surface area contributed by atoms with Crippen LogP contribution in [0.25, 0.3) is 5.57 Å². The summed E-state index contributed by atoms with van der Waals surface area (Å²) in [6, 6.07) is 3.53. The lowest BCUT2D eigenvalue weighted by Gasteiger charge is -2.20. The molecular weight excluding hydrogens is 323 g/mol. The highest BCUT2D eigenvalue weighted by atomic mass is 35.5. The van der Waals surface area contributed by atoms with Crippen LogP contribution in [0.1, 0.15) is 30.8 Å². The first kappa shape index (κ1) is 15.3. The Morgan fingerprint density at radius 1 is 1.27 bits per heavy atom. The zero-order valence-corrected chi connectivity index (χ0v) is 13.8. The Morgan fingerprint density at radius 3 is 2.59 bits per heavy atom. The highest BCUT2D eigenvalue weighted by Crippen LogP contribution is 2.35. The molecule has 3 rings (SSSR count). The third-order valence-electron chi connectivity index (χ3n) is 3.45. The van der Waals surface area contributed by atoms with E-state index in [1.807, 2.05) is 23.7 Å². The molecule has 0 saturated heterocycles. The summed E-state index contributed by atoms with van der Waals surface area (Å²) in [6.07, 6.45) is 4.77. The number of halogens is 2. The standard InChI is InChI=1S/C14H16Cl2N6/c1-3-4-22-7-10(14-19-17-8-21(14)2)13(20-22)9-5-11(15)18-12(16)6-9/h5-8,13,20H,3-4H2,1-2H3. The van der Waals surface area contributed by atoms with Gasteiger partial charge in [0.2, 0.25) is 0 Å². The van der Waals surface area contributed by atoms with Crippen LogP contribution in [0.15, 0.2) is 24.7 Å². The van der Waals surface area contributed by atoms with Crippen molar-refractivity contribution >= 4 is 28.8 Å². The van der Waals surface area contributed by atoms with E-state index in [1.54, 1.807) is 6.33 Å². The first-order valence-electron chi connectivity index (χ1n) is 7.00. The van der Waals surface area contributed by atoms with Crippen molar-refractivity contribution in [1.82, 2.24) is 30.2 Å². The minimum atomic E-state index is -0.0903. The third-order valence-corrected chi connectivity index (χ3v) is 3.84. The first-order valence-corrected chi connectivity index (χ1v) is 7.76. The summed E-state index contributed by atoms with van der Waals surface area (Å²) >= 11 is 12.1. The smallest absolute Gasteiger partial charge is 0.162 e. The summed E-state index contributed by atoms with van der Waals surface area (Å²) in [6.45, 7) is 3.02. The number of aryl methyl sites for hydroxylation is 1. The van der Waals surface area contributed by atoms with Crippen molar-refractivity contribution in [3.63, 3.8) is 0 Å². The highest BCUT2D eigenvalue weighted by Gasteiger charge is 2.29. The number of hydrogen-bond donors (Lipinski definition) is 1. The molecule has 1 atom stereocenters. The van der Waals surface area contributed by atoms with Crippen LogP contribution < -0.4 is 5.43 Å². The molecule has 22 heavy (non-hydrogen) atoms. The molecule has 0 bridgehead atoms. The number of aromatic nitrogens is 4. The molecule has 1 aliphatic rings. The third kappa shape index (κ3) is 2.95. The number of nitrogens with one attached hydrogen (secondary N) is 1. The Kier molecular flexibility index (Phi) is 4.33. The van der Waals surface area contributed by atoms with E-state index in [4.69, 9.17) is 23.2 Å². The summed E-state index contributed by atoms with van der Waals surface area (Å²) < 4.78 is 1.89. The topological polar surface area (TPSA) is 58.9 Å². The fraction of sp³-hybridized carbons (Fsp3) is 0.357. The van der Waals surface area contributed by atoms with Gasteiger partial charge in [0.05, 0.1) is 6.04 Å². The molecule has 0 spiro atoms. The molecule has 0 radical (unpaired) electrons. The first-order chi connectivity index (χ1) is 10.6. The van der Waals surface area contributed by atoms with Gasteiger partial charge in [-0.2, -0.15) is 0 Å². The molecule has 0 amide bonds. The summed E-state index contributed by atoms with van der Waals surface area (Å²) in [5.74, 6) is 0.806. The van der Waals surface area contributed by atoms with Gasteiger partial charge in [-0.15, -0.1) is 10.2 Å². The number of hydrogen-bond acceptors (Lipinski definition) is 5. The van der Waals surface area contributed by atoms with E-state index in [0.717, 1.165) is 29.9 Å². The highest BCUT2D eigenvalue weighted by molar-refractivity contribution is 6.32. The molecule has 8 heteroatoms. The van der Waals surface area contributed by atoms with Gasteiger partial charge in [0.15, 0.2) is 5.82 Å². The Hall–Kier alpha value is -1.63. The van der Waals surface area contributed by atoms with Crippen LogP contribution >= 0.6 is 23.2 Å². The van der Waals surface area contributed by atoms with Crippen molar-refractivity contribution in [2.24, 2.45) is 7.05 Å². The summed E-state index contributed by atoms with van der Waals surface area (Å²) in [4.78, 5) is 4.00. The molecule has 0 aliphatic carbocycles. The van der Waals surface area contributed by atoms with Gasteiger partial charge in [0, 0.05) is 25.4 Å². The van der Waals surface area contributed by atoms with Crippen LogP contribution in [0.2, 0.25) is 10.3 Å². The predicted molar refractivity (Wildman–Crippen MR) is 86.1 cm³/mol. The maximum absolute atomic E-state index is 6.04. The lowest BCUT2D eigenvalue weighted by atomic mass is 10.0. The van der Waals surface area contributed by atoms with E-state index in [9.17, 15) is 0 Å². The van der Waals surface area contributed by atoms with E-state index in [-0.39, 0.29) is 6.04 Å². The normalized spacial score (nSPS) is 17.9.